The van der Waals surface area contributed by atoms with Crippen molar-refractivity contribution >= 4 is 24.4 Å². The summed E-state index contributed by atoms with van der Waals surface area (Å²) in [4.78, 5) is 51.5. The minimum atomic E-state index is -0.934. The van der Waals surface area contributed by atoms with E-state index in [2.05, 4.69) is 81.0 Å². The average molecular weight is 821 g/mol. The van der Waals surface area contributed by atoms with E-state index >= 15 is 0 Å². The molecule has 0 aromatic heterocycles. The molecule has 1 rings (SSSR count). The maximum atomic E-state index is 13.0. The van der Waals surface area contributed by atoms with Gasteiger partial charge in [-0.2, -0.15) is 0 Å². The fraction of sp³-hybridized carbons (Fsp3) is 0.773. The van der Waals surface area contributed by atoms with Crippen molar-refractivity contribution in [1.29, 1.82) is 0 Å². The molecule has 0 saturated heterocycles. The van der Waals surface area contributed by atoms with Crippen LogP contribution in [0, 0.1) is 10.8 Å². The van der Waals surface area contributed by atoms with Gasteiger partial charge in [0.1, 0.15) is 11.2 Å². The Morgan fingerprint density at radius 3 is 1.36 bits per heavy atom. The van der Waals surface area contributed by atoms with Gasteiger partial charge in [-0.05, 0) is 128 Å². The lowest BCUT2D eigenvalue weighted by Crippen LogP contribution is -2.65. The summed E-state index contributed by atoms with van der Waals surface area (Å²) in [6.07, 6.45) is 2.92. The zero-order chi connectivity index (χ0) is 44.2. The molecule has 1 aromatic carbocycles. The minimum absolute atomic E-state index is 0.320. The van der Waals surface area contributed by atoms with Crippen LogP contribution in [0.1, 0.15) is 146 Å². The highest BCUT2D eigenvalue weighted by Crippen LogP contribution is 2.47. The molecule has 1 aromatic rings. The van der Waals surface area contributed by atoms with Crippen LogP contribution in [0.3, 0.4) is 0 Å². The average Bonchev–Trinajstić information content (AvgIpc) is 3.06. The number of hydrogen-bond donors (Lipinski definition) is 6. The standard InChI is InChI=1S/C44H80N6O8/c1-40(2,3)44(41(4,5)6,48-37(52)58-43(10,11)12)23-20-30-50(39(55)56)28-17-14-25-46-33-35-22-19-21-34(31-35)32-45-24-13-16-27-49(38(53)54)29-18-15-26-47-36(51)57-42(7,8)9/h19,21-22,31,45-46H,13-18,20,23-30,32-33H2,1-12H3,(H,47,51)(H,48,52)(H,53,54)(H,55,56). The quantitative estimate of drug-likeness (QED) is 0.0552. The third-order valence-corrected chi connectivity index (χ3v) is 10.0. The molecule has 0 fully saturated rings. The van der Waals surface area contributed by atoms with E-state index < -0.39 is 41.1 Å². The van der Waals surface area contributed by atoms with Crippen LogP contribution in [0.25, 0.3) is 0 Å². The lowest BCUT2D eigenvalue weighted by molar-refractivity contribution is -0.0108. The van der Waals surface area contributed by atoms with Crippen molar-refractivity contribution in [3.8, 4) is 0 Å². The highest BCUT2D eigenvalue weighted by molar-refractivity contribution is 5.69. The van der Waals surface area contributed by atoms with Gasteiger partial charge < -0.3 is 50.8 Å². The molecule has 0 spiro atoms. The number of carboxylic acid groups (broad SMARTS) is 2. The Kier molecular flexibility index (Phi) is 21.9. The molecular formula is C44H80N6O8. The van der Waals surface area contributed by atoms with Gasteiger partial charge in [-0.1, -0.05) is 65.8 Å². The second-order valence-electron chi connectivity index (χ2n) is 19.4. The van der Waals surface area contributed by atoms with Crippen molar-refractivity contribution in [2.75, 3.05) is 45.8 Å². The number of carbonyl (C=O) groups is 4. The highest BCUT2D eigenvalue weighted by atomic mass is 16.6. The van der Waals surface area contributed by atoms with Crippen LogP contribution in [-0.4, -0.2) is 107 Å². The van der Waals surface area contributed by atoms with Crippen LogP contribution in [0.4, 0.5) is 19.2 Å². The fourth-order valence-electron chi connectivity index (χ4n) is 7.28. The molecule has 0 aliphatic rings. The molecule has 14 heteroatoms. The van der Waals surface area contributed by atoms with Gasteiger partial charge >= 0.3 is 24.4 Å². The van der Waals surface area contributed by atoms with Crippen molar-refractivity contribution in [2.45, 2.75) is 164 Å². The van der Waals surface area contributed by atoms with E-state index in [1.165, 1.54) is 20.9 Å². The first-order valence-electron chi connectivity index (χ1n) is 21.2. The SMILES string of the molecule is CC(C)(C)OC(=O)NCCCCN(CCCCNCc1cccc(CNCCCCN(CCCC(NC(=O)OC(C)(C)C)(C(C)(C)C)C(C)(C)C)C(=O)O)c1)C(=O)O. The zero-order valence-electron chi connectivity index (χ0n) is 38.1. The number of rotatable bonds is 24. The summed E-state index contributed by atoms with van der Waals surface area (Å²) in [5.41, 5.74) is -0.112. The fourth-order valence-corrected chi connectivity index (χ4v) is 7.28. The molecule has 0 unspecified atom stereocenters. The molecule has 0 heterocycles. The maximum Gasteiger partial charge on any atom is 0.408 e. The van der Waals surface area contributed by atoms with Crippen molar-refractivity contribution in [1.82, 2.24) is 31.1 Å². The summed E-state index contributed by atoms with van der Waals surface area (Å²) in [5.74, 6) is 0. The van der Waals surface area contributed by atoms with E-state index in [9.17, 15) is 29.4 Å². The van der Waals surface area contributed by atoms with Gasteiger partial charge in [0.2, 0.25) is 0 Å². The number of ether oxygens (including phenoxy) is 2. The Morgan fingerprint density at radius 2 is 0.966 bits per heavy atom. The van der Waals surface area contributed by atoms with E-state index in [0.29, 0.717) is 65.0 Å². The van der Waals surface area contributed by atoms with Gasteiger partial charge in [-0.15, -0.1) is 0 Å². The number of benzene rings is 1. The molecule has 0 saturated carbocycles. The molecule has 58 heavy (non-hydrogen) atoms. The molecule has 0 bridgehead atoms. The number of alkyl carbamates (subject to hydrolysis) is 2. The predicted octanol–water partition coefficient (Wildman–Crippen LogP) is 8.83. The van der Waals surface area contributed by atoms with Crippen LogP contribution in [0.5, 0.6) is 0 Å². The van der Waals surface area contributed by atoms with Gasteiger partial charge in [0.15, 0.2) is 0 Å². The van der Waals surface area contributed by atoms with Crippen LogP contribution in [0.2, 0.25) is 0 Å². The largest absolute Gasteiger partial charge is 0.465 e. The summed E-state index contributed by atoms with van der Waals surface area (Å²) in [5, 5.41) is 32.4. The monoisotopic (exact) mass is 821 g/mol. The van der Waals surface area contributed by atoms with Gasteiger partial charge in [-0.3, -0.25) is 0 Å². The maximum absolute atomic E-state index is 13.0. The molecule has 334 valence electrons. The number of nitrogens with one attached hydrogen (secondary N) is 4. The first-order valence-corrected chi connectivity index (χ1v) is 21.2. The van der Waals surface area contributed by atoms with E-state index in [-0.39, 0.29) is 10.8 Å². The van der Waals surface area contributed by atoms with Gasteiger partial charge in [-0.25, -0.2) is 19.2 Å². The van der Waals surface area contributed by atoms with Crippen LogP contribution < -0.4 is 21.3 Å². The topological polar surface area (TPSA) is 182 Å². The van der Waals surface area contributed by atoms with Crippen molar-refractivity contribution < 1.29 is 38.9 Å². The summed E-state index contributed by atoms with van der Waals surface area (Å²) < 4.78 is 10.9. The first kappa shape index (κ1) is 52.2. The van der Waals surface area contributed by atoms with E-state index in [4.69, 9.17) is 9.47 Å². The number of carbonyl (C=O) groups excluding carboxylic acids is 2. The molecule has 14 nitrogen and oxygen atoms in total. The minimum Gasteiger partial charge on any atom is -0.465 e. The lowest BCUT2D eigenvalue weighted by atomic mass is 9.58. The van der Waals surface area contributed by atoms with Gasteiger partial charge in [0, 0.05) is 45.8 Å². The molecule has 0 atom stereocenters. The summed E-state index contributed by atoms with van der Waals surface area (Å²) >= 11 is 0. The van der Waals surface area contributed by atoms with E-state index in [1.54, 1.807) is 20.8 Å². The molecule has 4 amide bonds. The number of hydrogen-bond acceptors (Lipinski definition) is 8. The van der Waals surface area contributed by atoms with Crippen LogP contribution in [0.15, 0.2) is 24.3 Å². The second kappa shape index (κ2) is 24.3. The Labute approximate surface area is 349 Å². The number of nitrogens with zero attached hydrogens (tertiary/aromatic N) is 2. The van der Waals surface area contributed by atoms with Crippen molar-refractivity contribution in [3.05, 3.63) is 35.4 Å². The van der Waals surface area contributed by atoms with E-state index in [1.807, 2.05) is 26.8 Å². The van der Waals surface area contributed by atoms with Crippen LogP contribution >= 0.6 is 0 Å². The smallest absolute Gasteiger partial charge is 0.408 e. The Bertz CT molecular complexity index is 1380. The second-order valence-corrected chi connectivity index (χ2v) is 19.4. The van der Waals surface area contributed by atoms with E-state index in [0.717, 1.165) is 45.3 Å². The van der Waals surface area contributed by atoms with Crippen molar-refractivity contribution in [3.63, 3.8) is 0 Å². The van der Waals surface area contributed by atoms with Gasteiger partial charge in [0.05, 0.1) is 5.54 Å². The zero-order valence-corrected chi connectivity index (χ0v) is 38.1. The van der Waals surface area contributed by atoms with Gasteiger partial charge in [0.25, 0.3) is 0 Å². The first-order chi connectivity index (χ1) is 26.8. The number of unbranched alkanes of at least 4 members (excludes halogenated alkanes) is 3. The third kappa shape index (κ3) is 21.3. The molecule has 0 aliphatic carbocycles. The normalized spacial score (nSPS) is 12.5. The molecule has 0 aliphatic heterocycles. The predicted molar refractivity (Wildman–Crippen MR) is 231 cm³/mol. The summed E-state index contributed by atoms with van der Waals surface area (Å²) in [6, 6.07) is 8.39. The highest BCUT2D eigenvalue weighted by Gasteiger charge is 2.51. The molecular weight excluding hydrogens is 741 g/mol. The molecule has 0 radical (unpaired) electrons. The Balaban J connectivity index is 2.43. The Morgan fingerprint density at radius 1 is 0.569 bits per heavy atom. The lowest BCUT2D eigenvalue weighted by Gasteiger charge is -2.54. The molecule has 6 N–H and O–H groups in total. The summed E-state index contributed by atoms with van der Waals surface area (Å²) in [7, 11) is 0. The Hall–Kier alpha value is -3.78. The number of amides is 4. The van der Waals surface area contributed by atoms with Crippen LogP contribution in [-0.2, 0) is 22.6 Å². The third-order valence-electron chi connectivity index (χ3n) is 10.0. The van der Waals surface area contributed by atoms with Crippen molar-refractivity contribution in [2.24, 2.45) is 10.8 Å². The summed E-state index contributed by atoms with van der Waals surface area (Å²) in [6.45, 7) is 28.7.